The summed E-state index contributed by atoms with van der Waals surface area (Å²) in [6.07, 6.45) is 2.35. The largest absolute Gasteiger partial charge is 0.490 e. The third-order valence-corrected chi connectivity index (χ3v) is 2.54. The number of halogens is 3. The SMILES string of the molecule is C1=Cc2c(ccc3[nH]ccc23)ON=C1.O=C(O)C(F)(F)F. The Balaban J connectivity index is 0.000000199. The highest BCUT2D eigenvalue weighted by atomic mass is 19.4. The lowest BCUT2D eigenvalue weighted by Gasteiger charge is -2.02. The van der Waals surface area contributed by atoms with Crippen LogP contribution in [0, 0.1) is 0 Å². The van der Waals surface area contributed by atoms with Crippen LogP contribution in [0.25, 0.3) is 17.0 Å². The molecule has 2 aromatic rings. The van der Waals surface area contributed by atoms with Crippen molar-refractivity contribution in [1.29, 1.82) is 0 Å². The molecular formula is C13H9F3N2O3. The monoisotopic (exact) mass is 298 g/mol. The van der Waals surface area contributed by atoms with E-state index < -0.39 is 12.1 Å². The fraction of sp³-hybridized carbons (Fsp3) is 0.0769. The summed E-state index contributed by atoms with van der Waals surface area (Å²) in [5.74, 6) is -1.96. The van der Waals surface area contributed by atoms with Gasteiger partial charge in [-0.05, 0) is 30.4 Å². The van der Waals surface area contributed by atoms with Crippen LogP contribution in [-0.4, -0.2) is 28.5 Å². The van der Waals surface area contributed by atoms with Crippen LogP contribution >= 0.6 is 0 Å². The zero-order valence-corrected chi connectivity index (χ0v) is 10.4. The van der Waals surface area contributed by atoms with Gasteiger partial charge in [0.15, 0.2) is 5.75 Å². The second kappa shape index (κ2) is 5.70. The van der Waals surface area contributed by atoms with Crippen LogP contribution in [0.1, 0.15) is 5.56 Å². The average molecular weight is 298 g/mol. The standard InChI is InChI=1S/C11H8N2O.C2HF3O2/c1-2-9-8-5-7-12-10(8)3-4-11(9)14-13-6-1;3-2(4,5)1(6)7/h1-7,12H;(H,6,7). The Bertz CT molecular complexity index is 717. The molecule has 2 N–H and O–H groups in total. The van der Waals surface area contributed by atoms with Gasteiger partial charge in [-0.15, -0.1) is 0 Å². The van der Waals surface area contributed by atoms with Gasteiger partial charge >= 0.3 is 12.1 Å². The minimum Gasteiger partial charge on any atom is -0.475 e. The van der Waals surface area contributed by atoms with E-state index in [-0.39, 0.29) is 0 Å². The third-order valence-electron chi connectivity index (χ3n) is 2.54. The van der Waals surface area contributed by atoms with Crippen molar-refractivity contribution in [1.82, 2.24) is 4.98 Å². The predicted molar refractivity (Wildman–Crippen MR) is 70.1 cm³/mol. The molecule has 1 aromatic carbocycles. The van der Waals surface area contributed by atoms with Crippen LogP contribution in [0.3, 0.4) is 0 Å². The molecule has 0 spiro atoms. The number of nitrogens with zero attached hydrogens (tertiary/aromatic N) is 1. The number of H-pyrrole nitrogens is 1. The normalized spacial score (nSPS) is 12.9. The van der Waals surface area contributed by atoms with Crippen LogP contribution < -0.4 is 4.84 Å². The van der Waals surface area contributed by atoms with E-state index in [0.29, 0.717) is 0 Å². The first-order valence-corrected chi connectivity index (χ1v) is 5.67. The highest BCUT2D eigenvalue weighted by molar-refractivity contribution is 5.94. The first-order valence-electron chi connectivity index (χ1n) is 5.67. The maximum absolute atomic E-state index is 10.6. The molecule has 5 nitrogen and oxygen atoms in total. The molecule has 21 heavy (non-hydrogen) atoms. The number of benzene rings is 1. The van der Waals surface area contributed by atoms with Crippen LogP contribution in [0.5, 0.6) is 5.75 Å². The Labute approximate surface area is 116 Å². The lowest BCUT2D eigenvalue weighted by atomic mass is 10.1. The molecule has 1 aliphatic rings. The van der Waals surface area contributed by atoms with Crippen LogP contribution in [0.15, 0.2) is 35.6 Å². The lowest BCUT2D eigenvalue weighted by Crippen LogP contribution is -2.21. The van der Waals surface area contributed by atoms with Gasteiger partial charge in [0.25, 0.3) is 0 Å². The number of rotatable bonds is 0. The van der Waals surface area contributed by atoms with E-state index in [1.807, 2.05) is 36.5 Å². The highest BCUT2D eigenvalue weighted by Crippen LogP contribution is 2.29. The molecule has 0 fully saturated rings. The summed E-state index contributed by atoms with van der Waals surface area (Å²) in [5, 5.41) is 12.1. The number of alkyl halides is 3. The Morgan fingerprint density at radius 1 is 1.29 bits per heavy atom. The van der Waals surface area contributed by atoms with Gasteiger partial charge in [0.1, 0.15) is 0 Å². The summed E-state index contributed by atoms with van der Waals surface area (Å²) in [6, 6.07) is 5.94. The first-order chi connectivity index (χ1) is 9.89. The van der Waals surface area contributed by atoms with Crippen molar-refractivity contribution in [3.63, 3.8) is 0 Å². The van der Waals surface area contributed by atoms with Gasteiger partial charge in [0.05, 0.1) is 6.21 Å². The second-order valence-corrected chi connectivity index (χ2v) is 3.92. The van der Waals surface area contributed by atoms with Crippen LogP contribution in [0.4, 0.5) is 13.2 Å². The smallest absolute Gasteiger partial charge is 0.475 e. The minimum absolute atomic E-state index is 0.794. The number of hydrogen-bond acceptors (Lipinski definition) is 3. The highest BCUT2D eigenvalue weighted by Gasteiger charge is 2.38. The quantitative estimate of drug-likeness (QED) is 0.784. The summed E-state index contributed by atoms with van der Waals surface area (Å²) in [7, 11) is 0. The molecular weight excluding hydrogens is 289 g/mol. The van der Waals surface area contributed by atoms with E-state index in [0.717, 1.165) is 22.2 Å². The summed E-state index contributed by atoms with van der Waals surface area (Å²) >= 11 is 0. The number of nitrogens with one attached hydrogen (secondary N) is 1. The van der Waals surface area contributed by atoms with Gasteiger partial charge in [-0.25, -0.2) is 4.79 Å². The zero-order valence-electron chi connectivity index (χ0n) is 10.4. The van der Waals surface area contributed by atoms with Gasteiger partial charge in [0, 0.05) is 22.7 Å². The van der Waals surface area contributed by atoms with E-state index in [1.54, 1.807) is 6.21 Å². The summed E-state index contributed by atoms with van der Waals surface area (Å²) in [5.41, 5.74) is 2.18. The zero-order chi connectivity index (χ0) is 15.5. The first kappa shape index (κ1) is 14.6. The lowest BCUT2D eigenvalue weighted by molar-refractivity contribution is -0.192. The Morgan fingerprint density at radius 3 is 2.67 bits per heavy atom. The molecule has 2 heterocycles. The fourth-order valence-electron chi connectivity index (χ4n) is 1.65. The number of carbonyl (C=O) groups is 1. The number of hydrogen-bond donors (Lipinski definition) is 2. The van der Waals surface area contributed by atoms with Gasteiger partial charge in [-0.1, -0.05) is 5.16 Å². The number of oxime groups is 1. The summed E-state index contributed by atoms with van der Waals surface area (Å²) in [4.78, 5) is 17.3. The van der Waals surface area contributed by atoms with E-state index in [9.17, 15) is 13.2 Å². The molecule has 0 saturated carbocycles. The van der Waals surface area contributed by atoms with Crippen LogP contribution in [0.2, 0.25) is 0 Å². The van der Waals surface area contributed by atoms with Gasteiger partial charge < -0.3 is 14.9 Å². The van der Waals surface area contributed by atoms with Crippen molar-refractivity contribution < 1.29 is 27.9 Å². The molecule has 0 atom stereocenters. The number of aliphatic carboxylic acids is 1. The van der Waals surface area contributed by atoms with Gasteiger partial charge in [-0.2, -0.15) is 13.2 Å². The molecule has 0 amide bonds. The van der Waals surface area contributed by atoms with Gasteiger partial charge in [-0.3, -0.25) is 0 Å². The van der Waals surface area contributed by atoms with Crippen molar-refractivity contribution in [3.05, 3.63) is 36.0 Å². The Kier molecular flexibility index (Phi) is 3.97. The van der Waals surface area contributed by atoms with Crippen molar-refractivity contribution in [2.24, 2.45) is 5.16 Å². The van der Waals surface area contributed by atoms with Crippen molar-refractivity contribution >= 4 is 29.2 Å². The number of aromatic amines is 1. The number of allylic oxidation sites excluding steroid dienone is 1. The molecule has 0 saturated heterocycles. The number of aromatic nitrogens is 1. The topological polar surface area (TPSA) is 74.7 Å². The fourth-order valence-corrected chi connectivity index (χ4v) is 1.65. The number of carboxylic acids is 1. The molecule has 1 aliphatic heterocycles. The van der Waals surface area contributed by atoms with E-state index in [1.165, 1.54) is 0 Å². The molecule has 110 valence electrons. The van der Waals surface area contributed by atoms with E-state index >= 15 is 0 Å². The van der Waals surface area contributed by atoms with Crippen molar-refractivity contribution in [2.75, 3.05) is 0 Å². The summed E-state index contributed by atoms with van der Waals surface area (Å²) < 4.78 is 31.7. The van der Waals surface area contributed by atoms with Crippen molar-refractivity contribution in [2.45, 2.75) is 6.18 Å². The van der Waals surface area contributed by atoms with Crippen LogP contribution in [-0.2, 0) is 4.79 Å². The molecule has 0 radical (unpaired) electrons. The molecule has 0 aliphatic carbocycles. The second-order valence-electron chi connectivity index (χ2n) is 3.92. The van der Waals surface area contributed by atoms with E-state index in [2.05, 4.69) is 10.1 Å². The number of fused-ring (bicyclic) bond motifs is 3. The molecule has 3 rings (SSSR count). The minimum atomic E-state index is -5.08. The summed E-state index contributed by atoms with van der Waals surface area (Å²) in [6.45, 7) is 0. The third kappa shape index (κ3) is 3.41. The number of carboxylic acid groups (broad SMARTS) is 1. The van der Waals surface area contributed by atoms with E-state index in [4.69, 9.17) is 14.7 Å². The molecule has 0 bridgehead atoms. The Morgan fingerprint density at radius 2 is 2.00 bits per heavy atom. The maximum atomic E-state index is 10.6. The predicted octanol–water partition coefficient (Wildman–Crippen LogP) is 3.19. The maximum Gasteiger partial charge on any atom is 0.490 e. The molecule has 0 unspecified atom stereocenters. The molecule has 8 heteroatoms. The molecule has 1 aromatic heterocycles. The Hall–Kier alpha value is -2.77. The van der Waals surface area contributed by atoms with Gasteiger partial charge in [0.2, 0.25) is 0 Å². The van der Waals surface area contributed by atoms with Crippen molar-refractivity contribution in [3.8, 4) is 5.75 Å². The average Bonchev–Trinajstić information content (AvgIpc) is 2.76.